The van der Waals surface area contributed by atoms with Crippen molar-refractivity contribution in [2.75, 3.05) is 27.2 Å². The first kappa shape index (κ1) is 18.5. The van der Waals surface area contributed by atoms with Crippen molar-refractivity contribution in [3.63, 3.8) is 0 Å². The molecule has 0 fully saturated rings. The smallest absolute Gasteiger partial charge is 0.243 e. The lowest BCUT2D eigenvalue weighted by molar-refractivity contribution is -0.127. The maximum atomic E-state index is 11.7. The molecule has 0 radical (unpaired) electrons. The van der Waals surface area contributed by atoms with E-state index in [0.29, 0.717) is 5.96 Å². The second-order valence-electron chi connectivity index (χ2n) is 5.37. The molecule has 22 heavy (non-hydrogen) atoms. The fourth-order valence-electron chi connectivity index (χ4n) is 1.80. The van der Waals surface area contributed by atoms with Crippen LogP contribution in [0.1, 0.15) is 37.5 Å². The minimum Gasteiger partial charge on any atom is -0.356 e. The van der Waals surface area contributed by atoms with Gasteiger partial charge in [0.2, 0.25) is 5.91 Å². The molecule has 0 bridgehead atoms. The van der Waals surface area contributed by atoms with Gasteiger partial charge in [-0.3, -0.25) is 4.79 Å². The summed E-state index contributed by atoms with van der Waals surface area (Å²) in [7, 11) is 3.49. The Morgan fingerprint density at radius 2 is 2.09 bits per heavy atom. The van der Waals surface area contributed by atoms with Crippen molar-refractivity contribution < 1.29 is 4.79 Å². The van der Waals surface area contributed by atoms with E-state index in [0.717, 1.165) is 19.5 Å². The van der Waals surface area contributed by atoms with Gasteiger partial charge in [0.15, 0.2) is 5.96 Å². The Kier molecular flexibility index (Phi) is 9.30. The number of nitrogens with one attached hydrogen (secondary N) is 2. The van der Waals surface area contributed by atoms with Crippen LogP contribution < -0.4 is 10.6 Å². The van der Waals surface area contributed by atoms with E-state index in [4.69, 9.17) is 0 Å². The number of likely N-dealkylation sites (N-methyl/N-ethyl adjacent to an activating group) is 1. The van der Waals surface area contributed by atoms with Gasteiger partial charge in [0.25, 0.3) is 0 Å². The van der Waals surface area contributed by atoms with Crippen LogP contribution in [0.5, 0.6) is 0 Å². The second kappa shape index (κ2) is 11.1. The van der Waals surface area contributed by atoms with Crippen LogP contribution in [-0.4, -0.2) is 44.0 Å². The predicted octanol–water partition coefficient (Wildman–Crippen LogP) is 2.45. The van der Waals surface area contributed by atoms with Gasteiger partial charge in [0.05, 0.1) is 6.54 Å². The zero-order chi connectivity index (χ0) is 16.2. The van der Waals surface area contributed by atoms with Gasteiger partial charge >= 0.3 is 0 Å². The second-order valence-corrected chi connectivity index (χ2v) is 6.41. The van der Waals surface area contributed by atoms with Crippen LogP contribution in [-0.2, 0) is 11.3 Å². The molecule has 2 N–H and O–H groups in total. The van der Waals surface area contributed by atoms with E-state index in [2.05, 4.69) is 34.0 Å². The molecular formula is C16H28N4OS. The van der Waals surface area contributed by atoms with Gasteiger partial charge in [-0.05, 0) is 17.9 Å². The first-order valence-electron chi connectivity index (χ1n) is 7.88. The quantitative estimate of drug-likeness (QED) is 0.417. The standard InChI is InChI=1S/C16H28N4OS/c1-4-5-6-7-10-17-16(19-13-15(21)20(2)3)18-12-14-9-8-11-22-14/h8-9,11H,4-7,10,12-13H2,1-3H3,(H2,17,18,19). The maximum Gasteiger partial charge on any atom is 0.243 e. The third-order valence-corrected chi connectivity index (χ3v) is 4.08. The van der Waals surface area contributed by atoms with E-state index in [1.165, 1.54) is 24.1 Å². The molecule has 1 heterocycles. The lowest BCUT2D eigenvalue weighted by Crippen LogP contribution is -2.38. The van der Waals surface area contributed by atoms with Gasteiger partial charge in [-0.2, -0.15) is 0 Å². The van der Waals surface area contributed by atoms with E-state index in [-0.39, 0.29) is 12.5 Å². The average molecular weight is 324 g/mol. The van der Waals surface area contributed by atoms with Crippen molar-refractivity contribution in [2.45, 2.75) is 39.2 Å². The Bertz CT molecular complexity index is 443. The van der Waals surface area contributed by atoms with Crippen LogP contribution >= 0.6 is 11.3 Å². The van der Waals surface area contributed by atoms with Gasteiger partial charge in [-0.15, -0.1) is 11.3 Å². The first-order valence-corrected chi connectivity index (χ1v) is 8.76. The topological polar surface area (TPSA) is 56.7 Å². The molecular weight excluding hydrogens is 296 g/mol. The van der Waals surface area contributed by atoms with Crippen molar-refractivity contribution in [3.05, 3.63) is 22.4 Å². The number of carbonyl (C=O) groups is 1. The van der Waals surface area contributed by atoms with Crippen molar-refractivity contribution in [1.82, 2.24) is 15.5 Å². The Balaban J connectivity index is 2.44. The maximum absolute atomic E-state index is 11.7. The van der Waals surface area contributed by atoms with Crippen LogP contribution in [0, 0.1) is 0 Å². The lowest BCUT2D eigenvalue weighted by Gasteiger charge is -2.13. The van der Waals surface area contributed by atoms with Crippen molar-refractivity contribution in [3.8, 4) is 0 Å². The number of amides is 1. The predicted molar refractivity (Wildman–Crippen MR) is 94.3 cm³/mol. The minimum absolute atomic E-state index is 0.00297. The van der Waals surface area contributed by atoms with E-state index in [9.17, 15) is 4.79 Å². The molecule has 1 aromatic heterocycles. The van der Waals surface area contributed by atoms with Gasteiger partial charge < -0.3 is 15.5 Å². The van der Waals surface area contributed by atoms with Crippen molar-refractivity contribution in [1.29, 1.82) is 0 Å². The molecule has 0 aliphatic carbocycles. The number of thiophene rings is 1. The third-order valence-electron chi connectivity index (χ3n) is 3.20. The summed E-state index contributed by atoms with van der Waals surface area (Å²) >= 11 is 1.71. The van der Waals surface area contributed by atoms with E-state index < -0.39 is 0 Å². The minimum atomic E-state index is 0.00297. The monoisotopic (exact) mass is 324 g/mol. The number of aliphatic imine (C=N–C) groups is 1. The molecule has 0 spiro atoms. The zero-order valence-corrected chi connectivity index (χ0v) is 14.7. The molecule has 0 saturated heterocycles. The fourth-order valence-corrected chi connectivity index (χ4v) is 2.45. The summed E-state index contributed by atoms with van der Waals surface area (Å²) < 4.78 is 0. The molecule has 1 amide bonds. The Morgan fingerprint density at radius 3 is 2.73 bits per heavy atom. The molecule has 0 aromatic carbocycles. The van der Waals surface area contributed by atoms with Crippen LogP contribution in [0.3, 0.4) is 0 Å². The van der Waals surface area contributed by atoms with Gasteiger partial charge in [0, 0.05) is 25.5 Å². The Morgan fingerprint density at radius 1 is 1.27 bits per heavy atom. The first-order chi connectivity index (χ1) is 10.6. The van der Waals surface area contributed by atoms with E-state index in [1.54, 1.807) is 30.3 Å². The normalized spacial score (nSPS) is 11.3. The summed E-state index contributed by atoms with van der Waals surface area (Å²) in [6, 6.07) is 4.12. The van der Waals surface area contributed by atoms with Crippen molar-refractivity contribution >= 4 is 23.2 Å². The number of guanidine groups is 1. The highest BCUT2D eigenvalue weighted by atomic mass is 32.1. The molecule has 0 aliphatic rings. The molecule has 6 heteroatoms. The van der Waals surface area contributed by atoms with Gasteiger partial charge in [0.1, 0.15) is 6.54 Å². The highest BCUT2D eigenvalue weighted by molar-refractivity contribution is 7.09. The van der Waals surface area contributed by atoms with Gasteiger partial charge in [-0.1, -0.05) is 32.3 Å². The number of carbonyl (C=O) groups excluding carboxylic acids is 1. The number of hydrogen-bond acceptors (Lipinski definition) is 3. The number of hydrogen-bond donors (Lipinski definition) is 2. The van der Waals surface area contributed by atoms with Crippen LogP contribution in [0.2, 0.25) is 0 Å². The fraction of sp³-hybridized carbons (Fsp3) is 0.625. The molecule has 5 nitrogen and oxygen atoms in total. The van der Waals surface area contributed by atoms with Crippen molar-refractivity contribution in [2.24, 2.45) is 4.99 Å². The zero-order valence-electron chi connectivity index (χ0n) is 13.9. The highest BCUT2D eigenvalue weighted by Crippen LogP contribution is 2.07. The molecule has 0 saturated carbocycles. The summed E-state index contributed by atoms with van der Waals surface area (Å²) in [6.07, 6.45) is 4.83. The third kappa shape index (κ3) is 8.02. The SMILES string of the molecule is CCCCCCNC(=NCC(=O)N(C)C)NCc1cccs1. The number of rotatable bonds is 9. The summed E-state index contributed by atoms with van der Waals surface area (Å²) in [5.74, 6) is 0.711. The number of unbranched alkanes of at least 4 members (excludes halogenated alkanes) is 3. The summed E-state index contributed by atoms with van der Waals surface area (Å²) in [5.41, 5.74) is 0. The molecule has 1 aromatic rings. The molecule has 124 valence electrons. The number of nitrogens with zero attached hydrogens (tertiary/aromatic N) is 2. The Labute approximate surface area is 137 Å². The van der Waals surface area contributed by atoms with Gasteiger partial charge in [-0.25, -0.2) is 4.99 Å². The largest absolute Gasteiger partial charge is 0.356 e. The van der Waals surface area contributed by atoms with Crippen LogP contribution in [0.25, 0.3) is 0 Å². The molecule has 0 unspecified atom stereocenters. The lowest BCUT2D eigenvalue weighted by atomic mass is 10.2. The Hall–Kier alpha value is -1.56. The summed E-state index contributed by atoms with van der Waals surface area (Å²) in [5, 5.41) is 8.65. The molecule has 0 atom stereocenters. The molecule has 0 aliphatic heterocycles. The highest BCUT2D eigenvalue weighted by Gasteiger charge is 2.04. The van der Waals surface area contributed by atoms with Crippen LogP contribution in [0.4, 0.5) is 0 Å². The van der Waals surface area contributed by atoms with E-state index in [1.807, 2.05) is 6.07 Å². The molecule has 1 rings (SSSR count). The summed E-state index contributed by atoms with van der Waals surface area (Å²) in [4.78, 5) is 18.8. The van der Waals surface area contributed by atoms with E-state index >= 15 is 0 Å². The average Bonchev–Trinajstić information content (AvgIpc) is 3.01. The summed E-state index contributed by atoms with van der Waals surface area (Å²) in [6.45, 7) is 3.98. The van der Waals surface area contributed by atoms with Crippen LogP contribution in [0.15, 0.2) is 22.5 Å².